The van der Waals surface area contributed by atoms with Gasteiger partial charge in [0.15, 0.2) is 0 Å². The van der Waals surface area contributed by atoms with Crippen molar-refractivity contribution in [3.05, 3.63) is 44.9 Å². The van der Waals surface area contributed by atoms with Crippen molar-refractivity contribution < 1.29 is 22.7 Å². The Morgan fingerprint density at radius 3 is 2.43 bits per heavy atom. The van der Waals surface area contributed by atoms with Crippen molar-refractivity contribution in [2.24, 2.45) is 0 Å². The number of hydrogen-bond acceptors (Lipinski definition) is 4. The lowest BCUT2D eigenvalue weighted by molar-refractivity contribution is 0.0691. The second kappa shape index (κ2) is 5.68. The van der Waals surface area contributed by atoms with E-state index in [1.54, 1.807) is 24.3 Å². The van der Waals surface area contributed by atoms with Gasteiger partial charge >= 0.3 is 5.97 Å². The molecule has 0 radical (unpaired) electrons. The van der Waals surface area contributed by atoms with Crippen molar-refractivity contribution in [1.82, 2.24) is 0 Å². The summed E-state index contributed by atoms with van der Waals surface area (Å²) in [5.74, 6) is -1.24. The Labute approximate surface area is 135 Å². The topological polar surface area (TPSA) is 96.6 Å². The zero-order valence-corrected chi connectivity index (χ0v) is 14.1. The molecule has 112 valence electrons. The zero-order chi connectivity index (χ0) is 15.8. The molecule has 2 N–H and O–H groups in total. The SMILES string of the molecule is Cc1oc(C)c(S(=O)(=O)Nc2ccccc2I)c1C(=O)O. The van der Waals surface area contributed by atoms with Gasteiger partial charge in [-0.2, -0.15) is 0 Å². The maximum Gasteiger partial charge on any atom is 0.340 e. The molecule has 0 spiro atoms. The molecule has 1 aromatic heterocycles. The van der Waals surface area contributed by atoms with E-state index >= 15 is 0 Å². The molecule has 0 bridgehead atoms. The maximum atomic E-state index is 12.5. The standard InChI is InChI=1S/C13H12INO5S/c1-7-11(13(16)17)12(8(2)20-7)21(18,19)15-10-6-4-3-5-9(10)14/h3-6,15H,1-2H3,(H,16,17). The predicted octanol–water partition coefficient (Wildman–Crippen LogP) is 3.00. The van der Waals surface area contributed by atoms with Gasteiger partial charge in [-0.25, -0.2) is 13.2 Å². The first kappa shape index (κ1) is 15.8. The van der Waals surface area contributed by atoms with Gasteiger partial charge in [-0.1, -0.05) is 12.1 Å². The molecule has 8 heteroatoms. The summed E-state index contributed by atoms with van der Waals surface area (Å²) in [5, 5.41) is 9.19. The Balaban J connectivity index is 2.56. The Morgan fingerprint density at radius 2 is 1.86 bits per heavy atom. The number of aromatic carboxylic acids is 1. The molecule has 0 aliphatic carbocycles. The minimum Gasteiger partial charge on any atom is -0.478 e. The minimum absolute atomic E-state index is 0.0448. The third kappa shape index (κ3) is 3.05. The Hall–Kier alpha value is -1.55. The van der Waals surface area contributed by atoms with Gasteiger partial charge in [0.1, 0.15) is 22.0 Å². The molecule has 0 fully saturated rings. The molecule has 0 atom stereocenters. The van der Waals surface area contributed by atoms with Crippen LogP contribution in [-0.4, -0.2) is 19.5 Å². The number of carboxylic acids is 1. The summed E-state index contributed by atoms with van der Waals surface area (Å²) >= 11 is 1.99. The van der Waals surface area contributed by atoms with Crippen LogP contribution in [0, 0.1) is 17.4 Å². The Kier molecular flexibility index (Phi) is 4.28. The average molecular weight is 421 g/mol. The summed E-state index contributed by atoms with van der Waals surface area (Å²) in [6.45, 7) is 2.84. The third-order valence-corrected chi connectivity index (χ3v) is 5.26. The van der Waals surface area contributed by atoms with E-state index < -0.39 is 16.0 Å². The van der Waals surface area contributed by atoms with Crippen LogP contribution in [0.15, 0.2) is 33.6 Å². The van der Waals surface area contributed by atoms with E-state index in [1.165, 1.54) is 13.8 Å². The molecule has 0 saturated heterocycles. The van der Waals surface area contributed by atoms with E-state index in [0.717, 1.165) is 0 Å². The fraction of sp³-hybridized carbons (Fsp3) is 0.154. The van der Waals surface area contributed by atoms with Crippen molar-refractivity contribution in [2.45, 2.75) is 18.7 Å². The fourth-order valence-electron chi connectivity index (χ4n) is 1.97. The lowest BCUT2D eigenvalue weighted by Crippen LogP contribution is -2.17. The Morgan fingerprint density at radius 1 is 1.24 bits per heavy atom. The molecule has 0 amide bonds. The molecule has 0 unspecified atom stereocenters. The number of furan rings is 1. The fourth-order valence-corrected chi connectivity index (χ4v) is 4.17. The highest BCUT2D eigenvalue weighted by Crippen LogP contribution is 2.29. The van der Waals surface area contributed by atoms with Gasteiger partial charge < -0.3 is 9.52 Å². The molecule has 0 aliphatic heterocycles. The maximum absolute atomic E-state index is 12.5. The molecule has 1 heterocycles. The van der Waals surface area contributed by atoms with Crippen molar-refractivity contribution in [3.8, 4) is 0 Å². The van der Waals surface area contributed by atoms with Crippen LogP contribution in [0.4, 0.5) is 5.69 Å². The van der Waals surface area contributed by atoms with Crippen LogP contribution in [-0.2, 0) is 10.0 Å². The van der Waals surface area contributed by atoms with Gasteiger partial charge in [0.25, 0.3) is 10.0 Å². The quantitative estimate of drug-likeness (QED) is 0.740. The molecule has 0 aliphatic rings. The summed E-state index contributed by atoms with van der Waals surface area (Å²) in [4.78, 5) is 10.9. The van der Waals surface area contributed by atoms with E-state index in [-0.39, 0.29) is 22.0 Å². The molecule has 21 heavy (non-hydrogen) atoms. The number of rotatable bonds is 4. The highest BCUT2D eigenvalue weighted by atomic mass is 127. The summed E-state index contributed by atoms with van der Waals surface area (Å²) < 4.78 is 33.2. The largest absolute Gasteiger partial charge is 0.478 e. The van der Waals surface area contributed by atoms with Gasteiger partial charge in [-0.15, -0.1) is 0 Å². The summed E-state index contributed by atoms with van der Waals surface area (Å²) in [7, 11) is -4.05. The van der Waals surface area contributed by atoms with Crippen molar-refractivity contribution in [2.75, 3.05) is 4.72 Å². The first-order valence-corrected chi connectivity index (χ1v) is 8.41. The lowest BCUT2D eigenvalue weighted by atomic mass is 10.2. The van der Waals surface area contributed by atoms with Crippen LogP contribution in [0.3, 0.4) is 0 Å². The number of para-hydroxylation sites is 1. The van der Waals surface area contributed by atoms with Crippen LogP contribution in [0.5, 0.6) is 0 Å². The van der Waals surface area contributed by atoms with Gasteiger partial charge in [-0.05, 0) is 48.6 Å². The first-order valence-electron chi connectivity index (χ1n) is 5.84. The normalized spacial score (nSPS) is 11.4. The smallest absolute Gasteiger partial charge is 0.340 e. The van der Waals surface area contributed by atoms with Crippen LogP contribution < -0.4 is 4.72 Å². The predicted molar refractivity (Wildman–Crippen MR) is 85.1 cm³/mol. The monoisotopic (exact) mass is 421 g/mol. The first-order chi connectivity index (χ1) is 9.74. The van der Waals surface area contributed by atoms with E-state index in [9.17, 15) is 18.3 Å². The van der Waals surface area contributed by atoms with Crippen LogP contribution >= 0.6 is 22.6 Å². The van der Waals surface area contributed by atoms with E-state index in [2.05, 4.69) is 4.72 Å². The number of anilines is 1. The average Bonchev–Trinajstić information content (AvgIpc) is 2.67. The second-order valence-electron chi connectivity index (χ2n) is 4.31. The Bertz CT molecular complexity index is 810. The van der Waals surface area contributed by atoms with E-state index in [1.807, 2.05) is 22.6 Å². The third-order valence-electron chi connectivity index (χ3n) is 2.81. The number of benzene rings is 1. The molecular weight excluding hydrogens is 409 g/mol. The van der Waals surface area contributed by atoms with E-state index in [4.69, 9.17) is 4.42 Å². The zero-order valence-electron chi connectivity index (χ0n) is 11.2. The highest BCUT2D eigenvalue weighted by Gasteiger charge is 2.31. The van der Waals surface area contributed by atoms with Gasteiger partial charge in [0.05, 0.1) is 5.69 Å². The van der Waals surface area contributed by atoms with Crippen LogP contribution in [0.2, 0.25) is 0 Å². The number of aryl methyl sites for hydroxylation is 2. The molecular formula is C13H12INO5S. The molecule has 1 aromatic carbocycles. The molecule has 2 aromatic rings. The molecule has 2 rings (SSSR count). The van der Waals surface area contributed by atoms with Crippen LogP contribution in [0.1, 0.15) is 21.9 Å². The number of sulfonamides is 1. The van der Waals surface area contributed by atoms with Crippen molar-refractivity contribution in [1.29, 1.82) is 0 Å². The lowest BCUT2D eigenvalue weighted by Gasteiger charge is -2.09. The van der Waals surface area contributed by atoms with Gasteiger partial charge in [0.2, 0.25) is 0 Å². The second-order valence-corrected chi connectivity index (χ2v) is 7.09. The van der Waals surface area contributed by atoms with Gasteiger partial charge in [0, 0.05) is 3.57 Å². The minimum atomic E-state index is -4.05. The number of hydrogen-bond donors (Lipinski definition) is 2. The molecule has 0 saturated carbocycles. The summed E-state index contributed by atoms with van der Waals surface area (Å²) in [6.07, 6.45) is 0. The van der Waals surface area contributed by atoms with E-state index in [0.29, 0.717) is 9.26 Å². The highest BCUT2D eigenvalue weighted by molar-refractivity contribution is 14.1. The van der Waals surface area contributed by atoms with Gasteiger partial charge in [-0.3, -0.25) is 4.72 Å². The summed E-state index contributed by atoms with van der Waals surface area (Å²) in [6, 6.07) is 6.80. The van der Waals surface area contributed by atoms with Crippen LogP contribution in [0.25, 0.3) is 0 Å². The van der Waals surface area contributed by atoms with Crippen molar-refractivity contribution >= 4 is 44.3 Å². The number of nitrogens with one attached hydrogen (secondary N) is 1. The number of carboxylic acid groups (broad SMARTS) is 1. The number of carbonyl (C=O) groups is 1. The molecule has 6 nitrogen and oxygen atoms in total. The van der Waals surface area contributed by atoms with Crippen molar-refractivity contribution in [3.63, 3.8) is 0 Å². The summed E-state index contributed by atoms with van der Waals surface area (Å²) in [5.41, 5.74) is 0.0404. The number of halogens is 1.